The predicted molar refractivity (Wildman–Crippen MR) is 82.4 cm³/mol. The lowest BCUT2D eigenvalue weighted by Crippen LogP contribution is -2.18. The average Bonchev–Trinajstić information content (AvgIpc) is 2.42. The second-order valence-electron chi connectivity index (χ2n) is 4.27. The smallest absolute Gasteiger partial charge is 0.134 e. The van der Waals surface area contributed by atoms with Crippen LogP contribution in [0.5, 0.6) is 0 Å². The third-order valence-corrected chi connectivity index (χ3v) is 3.26. The van der Waals surface area contributed by atoms with Crippen molar-refractivity contribution in [3.8, 4) is 0 Å². The summed E-state index contributed by atoms with van der Waals surface area (Å²) in [7, 11) is 2.03. The molecule has 0 spiro atoms. The summed E-state index contributed by atoms with van der Waals surface area (Å²) in [5.41, 5.74) is 1.24. The molecule has 1 N–H and O–H groups in total. The highest BCUT2D eigenvalue weighted by atomic mass is 79.9. The molecule has 5 heteroatoms. The maximum absolute atomic E-state index is 4.30. The third kappa shape index (κ3) is 3.92. The van der Waals surface area contributed by atoms with Crippen LogP contribution < -0.4 is 10.2 Å². The van der Waals surface area contributed by atoms with Gasteiger partial charge in [0, 0.05) is 30.7 Å². The fraction of sp³-hybridized carbons (Fsp3) is 0.286. The highest BCUT2D eigenvalue weighted by molar-refractivity contribution is 9.10. The average molecular weight is 321 g/mol. The van der Waals surface area contributed by atoms with Gasteiger partial charge in [-0.15, -0.1) is 0 Å². The van der Waals surface area contributed by atoms with E-state index >= 15 is 0 Å². The molecule has 0 saturated heterocycles. The van der Waals surface area contributed by atoms with Crippen molar-refractivity contribution in [1.82, 2.24) is 9.97 Å². The number of hydrogen-bond acceptors (Lipinski definition) is 4. The molecule has 1 aromatic carbocycles. The van der Waals surface area contributed by atoms with Crippen molar-refractivity contribution in [2.45, 2.75) is 13.5 Å². The van der Waals surface area contributed by atoms with Gasteiger partial charge >= 0.3 is 0 Å². The Morgan fingerprint density at radius 2 is 1.95 bits per heavy atom. The summed E-state index contributed by atoms with van der Waals surface area (Å²) in [5.74, 6) is 1.77. The minimum absolute atomic E-state index is 0.815. The number of halogens is 1. The predicted octanol–water partition coefficient (Wildman–Crippen LogP) is 3.31. The van der Waals surface area contributed by atoms with Gasteiger partial charge in [-0.3, -0.25) is 0 Å². The van der Waals surface area contributed by atoms with Crippen LogP contribution in [0.25, 0.3) is 0 Å². The van der Waals surface area contributed by atoms with Crippen LogP contribution in [0.2, 0.25) is 0 Å². The number of rotatable bonds is 5. The van der Waals surface area contributed by atoms with Gasteiger partial charge in [-0.2, -0.15) is 0 Å². The maximum Gasteiger partial charge on any atom is 0.134 e. The van der Waals surface area contributed by atoms with Crippen LogP contribution in [0.15, 0.2) is 41.1 Å². The molecule has 0 aliphatic heterocycles. The quantitative estimate of drug-likeness (QED) is 0.917. The van der Waals surface area contributed by atoms with E-state index in [0.717, 1.165) is 29.2 Å². The molecule has 0 saturated carbocycles. The van der Waals surface area contributed by atoms with Gasteiger partial charge in [0.1, 0.15) is 18.0 Å². The van der Waals surface area contributed by atoms with E-state index in [1.54, 1.807) is 6.33 Å². The summed E-state index contributed by atoms with van der Waals surface area (Å²) in [6.45, 7) is 3.72. The van der Waals surface area contributed by atoms with E-state index in [4.69, 9.17) is 0 Å². The minimum atomic E-state index is 0.815. The largest absolute Gasteiger partial charge is 0.370 e. The van der Waals surface area contributed by atoms with Crippen molar-refractivity contribution >= 4 is 27.6 Å². The van der Waals surface area contributed by atoms with Gasteiger partial charge in [0.25, 0.3) is 0 Å². The summed E-state index contributed by atoms with van der Waals surface area (Å²) in [4.78, 5) is 10.6. The van der Waals surface area contributed by atoms with Crippen LogP contribution in [-0.2, 0) is 6.54 Å². The number of aromatic nitrogens is 2. The number of benzene rings is 1. The molecule has 0 aliphatic rings. The first-order valence-electron chi connectivity index (χ1n) is 6.20. The molecule has 0 aliphatic carbocycles. The first-order valence-corrected chi connectivity index (χ1v) is 7.00. The van der Waals surface area contributed by atoms with Crippen LogP contribution in [-0.4, -0.2) is 23.6 Å². The van der Waals surface area contributed by atoms with Gasteiger partial charge in [0.2, 0.25) is 0 Å². The van der Waals surface area contributed by atoms with Crippen LogP contribution >= 0.6 is 15.9 Å². The molecular weight excluding hydrogens is 304 g/mol. The number of anilines is 2. The molecule has 100 valence electrons. The molecule has 0 atom stereocenters. The van der Waals surface area contributed by atoms with Crippen molar-refractivity contribution in [1.29, 1.82) is 0 Å². The van der Waals surface area contributed by atoms with Crippen molar-refractivity contribution in [3.05, 3.63) is 46.7 Å². The first kappa shape index (κ1) is 13.8. The van der Waals surface area contributed by atoms with Crippen molar-refractivity contribution < 1.29 is 0 Å². The fourth-order valence-electron chi connectivity index (χ4n) is 1.78. The van der Waals surface area contributed by atoms with Gasteiger partial charge in [0.05, 0.1) is 0 Å². The third-order valence-electron chi connectivity index (χ3n) is 2.73. The Kier molecular flexibility index (Phi) is 4.74. The zero-order valence-corrected chi connectivity index (χ0v) is 12.7. The topological polar surface area (TPSA) is 41.0 Å². The van der Waals surface area contributed by atoms with Gasteiger partial charge in [-0.25, -0.2) is 9.97 Å². The van der Waals surface area contributed by atoms with E-state index in [2.05, 4.69) is 48.2 Å². The lowest BCUT2D eigenvalue weighted by molar-refractivity contribution is 0.890. The Morgan fingerprint density at radius 3 is 2.63 bits per heavy atom. The molecule has 0 radical (unpaired) electrons. The van der Waals surface area contributed by atoms with Crippen molar-refractivity contribution in [2.24, 2.45) is 0 Å². The number of nitrogens with one attached hydrogen (secondary N) is 1. The Balaban J connectivity index is 2.08. The van der Waals surface area contributed by atoms with Gasteiger partial charge in [-0.1, -0.05) is 28.1 Å². The highest BCUT2D eigenvalue weighted by Crippen LogP contribution is 2.16. The SMILES string of the molecule is CCNc1cc(N(C)Cc2ccc(Br)cc2)ncn1. The Labute approximate surface area is 122 Å². The summed E-state index contributed by atoms with van der Waals surface area (Å²) in [6, 6.07) is 10.3. The van der Waals surface area contributed by atoms with E-state index in [1.165, 1.54) is 5.56 Å². The highest BCUT2D eigenvalue weighted by Gasteiger charge is 2.05. The lowest BCUT2D eigenvalue weighted by atomic mass is 10.2. The molecule has 1 aromatic heterocycles. The first-order chi connectivity index (χ1) is 9.19. The van der Waals surface area contributed by atoms with E-state index in [9.17, 15) is 0 Å². The Bertz CT molecular complexity index is 527. The molecule has 1 heterocycles. The second kappa shape index (κ2) is 6.52. The van der Waals surface area contributed by atoms with Crippen LogP contribution in [0.4, 0.5) is 11.6 Å². The van der Waals surface area contributed by atoms with Crippen molar-refractivity contribution in [3.63, 3.8) is 0 Å². The number of hydrogen-bond donors (Lipinski definition) is 1. The van der Waals surface area contributed by atoms with E-state index in [-0.39, 0.29) is 0 Å². The van der Waals surface area contributed by atoms with Crippen LogP contribution in [0, 0.1) is 0 Å². The van der Waals surface area contributed by atoms with Gasteiger partial charge in [-0.05, 0) is 24.6 Å². The minimum Gasteiger partial charge on any atom is -0.370 e. The lowest BCUT2D eigenvalue weighted by Gasteiger charge is -2.18. The molecule has 19 heavy (non-hydrogen) atoms. The zero-order chi connectivity index (χ0) is 13.7. The molecule has 2 aromatic rings. The monoisotopic (exact) mass is 320 g/mol. The van der Waals surface area contributed by atoms with E-state index in [0.29, 0.717) is 0 Å². The fourth-order valence-corrected chi connectivity index (χ4v) is 2.04. The number of nitrogens with zero attached hydrogens (tertiary/aromatic N) is 3. The second-order valence-corrected chi connectivity index (χ2v) is 5.19. The molecule has 0 bridgehead atoms. The molecule has 0 unspecified atom stereocenters. The van der Waals surface area contributed by atoms with Gasteiger partial charge < -0.3 is 10.2 Å². The zero-order valence-electron chi connectivity index (χ0n) is 11.1. The van der Waals surface area contributed by atoms with Gasteiger partial charge in [0.15, 0.2) is 0 Å². The molecule has 2 rings (SSSR count). The van der Waals surface area contributed by atoms with E-state index < -0.39 is 0 Å². The Hall–Kier alpha value is -1.62. The summed E-state index contributed by atoms with van der Waals surface area (Å²) >= 11 is 3.44. The Morgan fingerprint density at radius 1 is 1.21 bits per heavy atom. The molecule has 0 fully saturated rings. The molecule has 0 amide bonds. The van der Waals surface area contributed by atoms with E-state index in [1.807, 2.05) is 32.2 Å². The van der Waals surface area contributed by atoms with Crippen LogP contribution in [0.3, 0.4) is 0 Å². The molecular formula is C14H17BrN4. The maximum atomic E-state index is 4.30. The summed E-state index contributed by atoms with van der Waals surface area (Å²) < 4.78 is 1.09. The standard InChI is InChI=1S/C14H17BrN4/c1-3-16-13-8-14(18-10-17-13)19(2)9-11-4-6-12(15)7-5-11/h4-8,10H,3,9H2,1-2H3,(H,16,17,18). The summed E-state index contributed by atoms with van der Waals surface area (Å²) in [5, 5.41) is 3.19. The molecule has 4 nitrogen and oxygen atoms in total. The summed E-state index contributed by atoms with van der Waals surface area (Å²) in [6.07, 6.45) is 1.59. The van der Waals surface area contributed by atoms with Crippen molar-refractivity contribution in [2.75, 3.05) is 23.8 Å². The van der Waals surface area contributed by atoms with Crippen LogP contribution in [0.1, 0.15) is 12.5 Å². The normalized spacial score (nSPS) is 10.3.